The fourth-order valence-corrected chi connectivity index (χ4v) is 2.70. The number of nitrogens with zero attached hydrogens (tertiary/aromatic N) is 1. The first-order chi connectivity index (χ1) is 9.10. The van der Waals surface area contributed by atoms with Gasteiger partial charge in [0.05, 0.1) is 25.4 Å². The number of morpholine rings is 1. The van der Waals surface area contributed by atoms with Crippen LogP contribution < -0.4 is 0 Å². The molecular weight excluding hydrogens is 310 g/mol. The molecule has 5 heteroatoms. The number of hydrogen-bond donors (Lipinski definition) is 0. The van der Waals surface area contributed by atoms with E-state index < -0.39 is 0 Å². The van der Waals surface area contributed by atoms with E-state index in [0.29, 0.717) is 5.56 Å². The smallest absolute Gasteiger partial charge is 0.337 e. The van der Waals surface area contributed by atoms with E-state index in [1.807, 2.05) is 12.1 Å². The highest BCUT2D eigenvalue weighted by atomic mass is 79.9. The van der Waals surface area contributed by atoms with E-state index in [0.717, 1.165) is 30.7 Å². The van der Waals surface area contributed by atoms with Crippen molar-refractivity contribution in [2.75, 3.05) is 26.8 Å². The van der Waals surface area contributed by atoms with E-state index in [1.54, 1.807) is 6.07 Å². The van der Waals surface area contributed by atoms with E-state index in [4.69, 9.17) is 9.47 Å². The molecule has 0 bridgehead atoms. The highest BCUT2D eigenvalue weighted by Crippen LogP contribution is 2.21. The van der Waals surface area contributed by atoms with Gasteiger partial charge in [-0.2, -0.15) is 0 Å². The van der Waals surface area contributed by atoms with Gasteiger partial charge in [-0.05, 0) is 24.6 Å². The summed E-state index contributed by atoms with van der Waals surface area (Å²) in [5.41, 5.74) is 1.73. The molecule has 4 nitrogen and oxygen atoms in total. The van der Waals surface area contributed by atoms with Gasteiger partial charge in [-0.3, -0.25) is 4.90 Å². The Hall–Kier alpha value is -0.910. The van der Waals surface area contributed by atoms with E-state index in [-0.39, 0.29) is 12.1 Å². The van der Waals surface area contributed by atoms with Crippen LogP contribution in [0.5, 0.6) is 0 Å². The quantitative estimate of drug-likeness (QED) is 0.799. The van der Waals surface area contributed by atoms with Crippen molar-refractivity contribution in [3.8, 4) is 0 Å². The summed E-state index contributed by atoms with van der Waals surface area (Å²) in [6.45, 7) is 5.59. The number of methoxy groups -OCH3 is 1. The van der Waals surface area contributed by atoms with Crippen LogP contribution in [0, 0.1) is 0 Å². The third-order valence-electron chi connectivity index (χ3n) is 3.19. The van der Waals surface area contributed by atoms with Gasteiger partial charge in [0.2, 0.25) is 0 Å². The van der Waals surface area contributed by atoms with Crippen LogP contribution in [0.2, 0.25) is 0 Å². The molecule has 1 saturated heterocycles. The van der Waals surface area contributed by atoms with Crippen molar-refractivity contribution in [1.29, 1.82) is 0 Å². The van der Waals surface area contributed by atoms with Crippen LogP contribution in [-0.2, 0) is 16.0 Å². The van der Waals surface area contributed by atoms with Crippen LogP contribution >= 0.6 is 15.9 Å². The van der Waals surface area contributed by atoms with Gasteiger partial charge >= 0.3 is 5.97 Å². The molecule has 1 aromatic carbocycles. The summed E-state index contributed by atoms with van der Waals surface area (Å²) in [6, 6.07) is 5.58. The number of ether oxygens (including phenoxy) is 2. The largest absolute Gasteiger partial charge is 0.465 e. The Morgan fingerprint density at radius 3 is 3.00 bits per heavy atom. The molecule has 0 aromatic heterocycles. The summed E-state index contributed by atoms with van der Waals surface area (Å²) >= 11 is 3.52. The molecule has 19 heavy (non-hydrogen) atoms. The second-order valence-corrected chi connectivity index (χ2v) is 5.57. The zero-order valence-corrected chi connectivity index (χ0v) is 12.8. The van der Waals surface area contributed by atoms with Crippen molar-refractivity contribution in [2.24, 2.45) is 0 Å². The number of halogens is 1. The Labute approximate surface area is 121 Å². The van der Waals surface area contributed by atoms with Crippen molar-refractivity contribution < 1.29 is 14.3 Å². The number of benzene rings is 1. The molecule has 0 N–H and O–H groups in total. The summed E-state index contributed by atoms with van der Waals surface area (Å²) in [4.78, 5) is 13.8. The monoisotopic (exact) mass is 327 g/mol. The Morgan fingerprint density at radius 2 is 2.37 bits per heavy atom. The van der Waals surface area contributed by atoms with Gasteiger partial charge in [-0.25, -0.2) is 4.79 Å². The maximum atomic E-state index is 11.4. The van der Waals surface area contributed by atoms with Gasteiger partial charge in [-0.1, -0.05) is 22.0 Å². The van der Waals surface area contributed by atoms with Gasteiger partial charge in [0.15, 0.2) is 0 Å². The average Bonchev–Trinajstić information content (AvgIpc) is 2.40. The van der Waals surface area contributed by atoms with Gasteiger partial charge in [0.1, 0.15) is 0 Å². The second kappa shape index (κ2) is 6.50. The van der Waals surface area contributed by atoms with E-state index >= 15 is 0 Å². The number of carbonyl (C=O) groups excluding carboxylic acids is 1. The molecule has 1 fully saturated rings. The molecular formula is C14H18BrNO3. The summed E-state index contributed by atoms with van der Waals surface area (Å²) in [7, 11) is 1.39. The zero-order valence-electron chi connectivity index (χ0n) is 11.2. The van der Waals surface area contributed by atoms with Crippen LogP contribution in [0.15, 0.2) is 22.7 Å². The van der Waals surface area contributed by atoms with Crippen molar-refractivity contribution in [2.45, 2.75) is 19.6 Å². The van der Waals surface area contributed by atoms with Crippen LogP contribution in [0.1, 0.15) is 22.8 Å². The summed E-state index contributed by atoms with van der Waals surface area (Å²) < 4.78 is 11.2. The minimum atomic E-state index is -0.313. The molecule has 0 radical (unpaired) electrons. The first kappa shape index (κ1) is 14.5. The van der Waals surface area contributed by atoms with Crippen molar-refractivity contribution >= 4 is 21.9 Å². The maximum absolute atomic E-state index is 11.4. The van der Waals surface area contributed by atoms with E-state index in [9.17, 15) is 4.79 Å². The lowest BCUT2D eigenvalue weighted by Gasteiger charge is -2.31. The number of carbonyl (C=O) groups is 1. The summed E-state index contributed by atoms with van der Waals surface area (Å²) in [5.74, 6) is -0.313. The van der Waals surface area contributed by atoms with Gasteiger partial charge in [0, 0.05) is 24.1 Å². The lowest BCUT2D eigenvalue weighted by atomic mass is 10.1. The Balaban J connectivity index is 2.06. The van der Waals surface area contributed by atoms with E-state index in [1.165, 1.54) is 12.7 Å². The molecule has 0 saturated carbocycles. The molecule has 1 aliphatic rings. The molecule has 104 valence electrons. The van der Waals surface area contributed by atoms with Crippen LogP contribution in [0.4, 0.5) is 0 Å². The fourth-order valence-electron chi connectivity index (χ4n) is 2.20. The SMILES string of the molecule is COC(=O)c1ccc(CN2CCOC(C)C2)c(Br)c1. The Bertz CT molecular complexity index is 464. The maximum Gasteiger partial charge on any atom is 0.337 e. The Kier molecular flexibility index (Phi) is 4.96. The van der Waals surface area contributed by atoms with Crippen LogP contribution in [0.25, 0.3) is 0 Å². The van der Waals surface area contributed by atoms with Gasteiger partial charge < -0.3 is 9.47 Å². The summed E-state index contributed by atoms with van der Waals surface area (Å²) in [6.07, 6.45) is 0.280. The highest BCUT2D eigenvalue weighted by molar-refractivity contribution is 9.10. The molecule has 2 rings (SSSR count). The molecule has 0 spiro atoms. The first-order valence-corrected chi connectivity index (χ1v) is 7.10. The number of esters is 1. The first-order valence-electron chi connectivity index (χ1n) is 6.31. The lowest BCUT2D eigenvalue weighted by Crippen LogP contribution is -2.40. The van der Waals surface area contributed by atoms with Crippen LogP contribution in [0.3, 0.4) is 0 Å². The normalized spacial score (nSPS) is 20.3. The molecule has 1 aliphatic heterocycles. The van der Waals surface area contributed by atoms with Crippen molar-refractivity contribution in [3.05, 3.63) is 33.8 Å². The van der Waals surface area contributed by atoms with Gasteiger partial charge in [0.25, 0.3) is 0 Å². The minimum Gasteiger partial charge on any atom is -0.465 e. The molecule has 0 aliphatic carbocycles. The topological polar surface area (TPSA) is 38.8 Å². The molecule has 1 heterocycles. The van der Waals surface area contributed by atoms with Crippen LogP contribution in [-0.4, -0.2) is 43.8 Å². The number of rotatable bonds is 3. The fraction of sp³-hybridized carbons (Fsp3) is 0.500. The molecule has 1 aromatic rings. The average molecular weight is 328 g/mol. The standard InChI is InChI=1S/C14H18BrNO3/c1-10-8-16(5-6-19-10)9-12-4-3-11(7-13(12)15)14(17)18-2/h3-4,7,10H,5-6,8-9H2,1-2H3. The Morgan fingerprint density at radius 1 is 1.58 bits per heavy atom. The summed E-state index contributed by atoms with van der Waals surface area (Å²) in [5, 5.41) is 0. The second-order valence-electron chi connectivity index (χ2n) is 4.71. The molecule has 1 unspecified atom stereocenters. The van der Waals surface area contributed by atoms with Gasteiger partial charge in [-0.15, -0.1) is 0 Å². The third-order valence-corrected chi connectivity index (χ3v) is 3.93. The van der Waals surface area contributed by atoms with Crippen molar-refractivity contribution in [1.82, 2.24) is 4.90 Å². The van der Waals surface area contributed by atoms with E-state index in [2.05, 4.69) is 27.8 Å². The predicted molar refractivity (Wildman–Crippen MR) is 76.2 cm³/mol. The molecule has 1 atom stereocenters. The minimum absolute atomic E-state index is 0.280. The third kappa shape index (κ3) is 3.78. The highest BCUT2D eigenvalue weighted by Gasteiger charge is 2.18. The predicted octanol–water partition coefficient (Wildman–Crippen LogP) is 2.46. The van der Waals surface area contributed by atoms with Crippen molar-refractivity contribution in [3.63, 3.8) is 0 Å². The molecule has 0 amide bonds. The zero-order chi connectivity index (χ0) is 13.8. The number of hydrogen-bond acceptors (Lipinski definition) is 4. The lowest BCUT2D eigenvalue weighted by molar-refractivity contribution is -0.0212.